The molecule has 1 unspecified atom stereocenters. The van der Waals surface area contributed by atoms with Gasteiger partial charge in [-0.25, -0.2) is 4.98 Å². The first-order valence-electron chi connectivity index (χ1n) is 13.2. The third-order valence-electron chi connectivity index (χ3n) is 7.88. The van der Waals surface area contributed by atoms with Crippen molar-refractivity contribution in [2.75, 3.05) is 5.73 Å². The molecule has 2 aliphatic carbocycles. The molecule has 7 heteroatoms. The fraction of sp³-hybridized carbons (Fsp3) is 0.741. The Morgan fingerprint density at radius 2 is 1.53 bits per heavy atom. The Kier molecular flexibility index (Phi) is 9.34. The number of nitrogen functional groups attached to an aromatic ring is 1. The van der Waals surface area contributed by atoms with Crippen LogP contribution in [-0.2, 0) is 16.1 Å². The van der Waals surface area contributed by atoms with Crippen LogP contribution in [0.1, 0.15) is 90.5 Å². The van der Waals surface area contributed by atoms with Crippen molar-refractivity contribution < 1.29 is 9.59 Å². The standard InChI is InChI=1S/C27H45N5O2/c1-27(2,3)24(29)26(34)32-23(25(33)31-17-18-14-15-21(28)30-16-18)22(19-10-6-4-7-11-19)20-12-8-5-9-13-20/h14-16,19-20,22-24H,4-13,17,29H2,1-3H3,(H2,28,30)(H,31,33)(H,32,34)/t23-,24?/m1/s1. The minimum atomic E-state index is -0.678. The van der Waals surface area contributed by atoms with Crippen molar-refractivity contribution >= 4 is 17.6 Å². The Balaban J connectivity index is 1.85. The molecule has 7 nitrogen and oxygen atoms in total. The van der Waals surface area contributed by atoms with Gasteiger partial charge in [-0.3, -0.25) is 9.59 Å². The molecule has 0 aliphatic heterocycles. The molecule has 2 aliphatic rings. The quantitative estimate of drug-likeness (QED) is 0.458. The van der Waals surface area contributed by atoms with Gasteiger partial charge in [0.25, 0.3) is 0 Å². The predicted octanol–water partition coefficient (Wildman–Crippen LogP) is 3.92. The van der Waals surface area contributed by atoms with Crippen molar-refractivity contribution in [1.29, 1.82) is 0 Å². The fourth-order valence-corrected chi connectivity index (χ4v) is 5.78. The zero-order valence-corrected chi connectivity index (χ0v) is 21.3. The van der Waals surface area contributed by atoms with E-state index in [9.17, 15) is 9.59 Å². The zero-order valence-electron chi connectivity index (χ0n) is 21.3. The maximum absolute atomic E-state index is 13.7. The lowest BCUT2D eigenvalue weighted by Crippen LogP contribution is -2.59. The third kappa shape index (κ3) is 7.17. The van der Waals surface area contributed by atoms with Crippen molar-refractivity contribution in [3.63, 3.8) is 0 Å². The van der Waals surface area contributed by atoms with Gasteiger partial charge in [-0.1, -0.05) is 91.0 Å². The number of rotatable bonds is 8. The molecule has 2 fully saturated rings. The predicted molar refractivity (Wildman–Crippen MR) is 136 cm³/mol. The number of aromatic nitrogens is 1. The van der Waals surface area contributed by atoms with Gasteiger partial charge in [-0.05, 0) is 34.8 Å². The first-order chi connectivity index (χ1) is 16.2. The molecule has 1 heterocycles. The highest BCUT2D eigenvalue weighted by Gasteiger charge is 2.42. The highest BCUT2D eigenvalue weighted by atomic mass is 16.2. The number of nitrogens with zero attached hydrogens (tertiary/aromatic N) is 1. The first kappa shape index (κ1) is 26.5. The minimum Gasteiger partial charge on any atom is -0.384 e. The first-order valence-corrected chi connectivity index (χ1v) is 13.2. The molecular weight excluding hydrogens is 426 g/mol. The molecule has 2 saturated carbocycles. The number of hydrogen-bond donors (Lipinski definition) is 4. The molecule has 190 valence electrons. The summed E-state index contributed by atoms with van der Waals surface area (Å²) in [4.78, 5) is 31.1. The Labute approximate surface area is 205 Å². The van der Waals surface area contributed by atoms with Gasteiger partial charge in [0.05, 0.1) is 6.04 Å². The molecule has 0 saturated heterocycles. The van der Waals surface area contributed by atoms with Crippen LogP contribution in [0.15, 0.2) is 18.3 Å². The van der Waals surface area contributed by atoms with E-state index in [4.69, 9.17) is 11.5 Å². The van der Waals surface area contributed by atoms with E-state index in [1.165, 1.54) is 38.5 Å². The summed E-state index contributed by atoms with van der Waals surface area (Å²) in [7, 11) is 0. The van der Waals surface area contributed by atoms with Gasteiger partial charge in [0.1, 0.15) is 11.9 Å². The normalized spacial score (nSPS) is 20.0. The summed E-state index contributed by atoms with van der Waals surface area (Å²) in [5.74, 6) is 1.15. The van der Waals surface area contributed by atoms with Crippen molar-refractivity contribution in [2.24, 2.45) is 28.9 Å². The molecule has 3 rings (SSSR count). The highest BCUT2D eigenvalue weighted by Crippen LogP contribution is 2.42. The second kappa shape index (κ2) is 12.0. The topological polar surface area (TPSA) is 123 Å². The lowest BCUT2D eigenvalue weighted by molar-refractivity contribution is -0.134. The Bertz CT molecular complexity index is 774. The van der Waals surface area contributed by atoms with Gasteiger partial charge >= 0.3 is 0 Å². The van der Waals surface area contributed by atoms with E-state index in [0.717, 1.165) is 31.2 Å². The number of anilines is 1. The molecule has 0 aromatic carbocycles. The molecule has 0 spiro atoms. The Hall–Kier alpha value is -2.15. The summed E-state index contributed by atoms with van der Waals surface area (Å²) < 4.78 is 0. The maximum atomic E-state index is 13.7. The summed E-state index contributed by atoms with van der Waals surface area (Å²) in [5.41, 5.74) is 12.5. The van der Waals surface area contributed by atoms with Crippen LogP contribution in [0.25, 0.3) is 0 Å². The summed E-state index contributed by atoms with van der Waals surface area (Å²) in [6.45, 7) is 6.23. The number of hydrogen-bond acceptors (Lipinski definition) is 5. The molecule has 2 amide bonds. The summed E-state index contributed by atoms with van der Waals surface area (Å²) in [6, 6.07) is 2.35. The van der Waals surface area contributed by atoms with Crippen LogP contribution in [0, 0.1) is 23.2 Å². The number of carbonyl (C=O) groups is 2. The summed E-state index contributed by atoms with van der Waals surface area (Å²) in [6.07, 6.45) is 13.5. The SMILES string of the molecule is CC(C)(C)C(N)C(=O)N[C@@H](C(=O)NCc1ccc(N)nc1)C(C1CCCCC1)C1CCCCC1. The molecule has 1 aromatic heterocycles. The highest BCUT2D eigenvalue weighted by molar-refractivity contribution is 5.90. The van der Waals surface area contributed by atoms with Crippen LogP contribution in [0.2, 0.25) is 0 Å². The second-order valence-corrected chi connectivity index (χ2v) is 11.5. The van der Waals surface area contributed by atoms with E-state index >= 15 is 0 Å². The maximum Gasteiger partial charge on any atom is 0.243 e. The van der Waals surface area contributed by atoms with Crippen molar-refractivity contribution in [1.82, 2.24) is 15.6 Å². The number of carbonyl (C=O) groups excluding carboxylic acids is 2. The molecule has 6 N–H and O–H groups in total. The molecular formula is C27H45N5O2. The van der Waals surface area contributed by atoms with Gasteiger partial charge in [0, 0.05) is 12.7 Å². The molecule has 2 atom stereocenters. The Morgan fingerprint density at radius 1 is 0.971 bits per heavy atom. The second-order valence-electron chi connectivity index (χ2n) is 11.5. The number of amides is 2. The van der Waals surface area contributed by atoms with Crippen molar-refractivity contribution in [2.45, 2.75) is 104 Å². The average molecular weight is 472 g/mol. The van der Waals surface area contributed by atoms with Crippen molar-refractivity contribution in [3.8, 4) is 0 Å². The minimum absolute atomic E-state index is 0.118. The van der Waals surface area contributed by atoms with Crippen LogP contribution < -0.4 is 22.1 Å². The van der Waals surface area contributed by atoms with E-state index in [1.807, 2.05) is 26.8 Å². The average Bonchev–Trinajstić information content (AvgIpc) is 2.83. The van der Waals surface area contributed by atoms with E-state index in [-0.39, 0.29) is 23.1 Å². The summed E-state index contributed by atoms with van der Waals surface area (Å²) >= 11 is 0. The molecule has 0 radical (unpaired) electrons. The molecule has 34 heavy (non-hydrogen) atoms. The zero-order chi connectivity index (χ0) is 24.7. The van der Waals surface area contributed by atoms with Crippen LogP contribution >= 0.6 is 0 Å². The van der Waals surface area contributed by atoms with E-state index in [2.05, 4.69) is 15.6 Å². The third-order valence-corrected chi connectivity index (χ3v) is 7.88. The van der Waals surface area contributed by atoms with Crippen LogP contribution in [0.5, 0.6) is 0 Å². The number of pyridine rings is 1. The molecule has 1 aromatic rings. The van der Waals surface area contributed by atoms with Crippen LogP contribution in [-0.4, -0.2) is 28.9 Å². The van der Waals surface area contributed by atoms with E-state index < -0.39 is 12.1 Å². The number of nitrogens with one attached hydrogen (secondary N) is 2. The van der Waals surface area contributed by atoms with Gasteiger partial charge in [0.15, 0.2) is 0 Å². The van der Waals surface area contributed by atoms with E-state index in [0.29, 0.717) is 24.2 Å². The van der Waals surface area contributed by atoms with Gasteiger partial charge in [0.2, 0.25) is 11.8 Å². The van der Waals surface area contributed by atoms with E-state index in [1.54, 1.807) is 12.3 Å². The smallest absolute Gasteiger partial charge is 0.243 e. The van der Waals surface area contributed by atoms with Gasteiger partial charge in [-0.15, -0.1) is 0 Å². The molecule has 0 bridgehead atoms. The lowest BCUT2D eigenvalue weighted by atomic mass is 9.66. The largest absolute Gasteiger partial charge is 0.384 e. The monoisotopic (exact) mass is 471 g/mol. The van der Waals surface area contributed by atoms with Crippen LogP contribution in [0.3, 0.4) is 0 Å². The van der Waals surface area contributed by atoms with Crippen LogP contribution in [0.4, 0.5) is 5.82 Å². The Morgan fingerprint density at radius 3 is 2.00 bits per heavy atom. The van der Waals surface area contributed by atoms with Gasteiger partial charge < -0.3 is 22.1 Å². The lowest BCUT2D eigenvalue weighted by Gasteiger charge is -2.42. The fourth-order valence-electron chi connectivity index (χ4n) is 5.78. The number of nitrogens with two attached hydrogens (primary N) is 2. The summed E-state index contributed by atoms with van der Waals surface area (Å²) in [5, 5.41) is 6.24. The van der Waals surface area contributed by atoms with Gasteiger partial charge in [-0.2, -0.15) is 0 Å². The van der Waals surface area contributed by atoms with Crippen molar-refractivity contribution in [3.05, 3.63) is 23.9 Å².